The zero-order chi connectivity index (χ0) is 18.8. The van der Waals surface area contributed by atoms with Crippen molar-refractivity contribution < 1.29 is 35.0 Å². The molecule has 1 amide bonds. The summed E-state index contributed by atoms with van der Waals surface area (Å²) in [6.45, 7) is 4.62. The van der Waals surface area contributed by atoms with Crippen LogP contribution in [0.15, 0.2) is 24.3 Å². The summed E-state index contributed by atoms with van der Waals surface area (Å²) in [5.74, 6) is -1.21. The molecule has 0 spiro atoms. The van der Waals surface area contributed by atoms with E-state index < -0.39 is 45.5 Å². The highest BCUT2D eigenvalue weighted by Crippen LogP contribution is 2.31. The van der Waals surface area contributed by atoms with Crippen molar-refractivity contribution in [2.45, 2.75) is 38.6 Å². The fourth-order valence-electron chi connectivity index (χ4n) is 1.80. The Labute approximate surface area is 137 Å². The summed E-state index contributed by atoms with van der Waals surface area (Å²) in [5, 5.41) is 2.08. The first-order valence-electron chi connectivity index (χ1n) is 6.76. The Morgan fingerprint density at radius 3 is 2.29 bits per heavy atom. The zero-order valence-electron chi connectivity index (χ0n) is 13.1. The van der Waals surface area contributed by atoms with Gasteiger partial charge in [-0.25, -0.2) is 4.79 Å². The lowest BCUT2D eigenvalue weighted by Gasteiger charge is -2.23. The van der Waals surface area contributed by atoms with Crippen LogP contribution in [-0.4, -0.2) is 25.9 Å². The number of benzene rings is 1. The Morgan fingerprint density at radius 2 is 1.83 bits per heavy atom. The summed E-state index contributed by atoms with van der Waals surface area (Å²) in [6, 6.07) is 2.08. The highest BCUT2D eigenvalue weighted by molar-refractivity contribution is 7.86. The number of rotatable bonds is 4. The average molecular weight is 371 g/mol. The molecule has 0 aromatic heterocycles. The summed E-state index contributed by atoms with van der Waals surface area (Å²) < 4.78 is 77.9. The van der Waals surface area contributed by atoms with E-state index in [0.717, 1.165) is 18.2 Å². The standard InChI is InChI=1S/C14H17F4NO4S/c1-13(2,3)23-12(20)19-11(8-24(18,21)22)9-5-4-6-10(7-9)14(15,16)17/h4-7,11H,8H2,1-3H3,(H,19,20). The van der Waals surface area contributed by atoms with Crippen LogP contribution in [0.25, 0.3) is 0 Å². The van der Waals surface area contributed by atoms with Gasteiger partial charge in [-0.3, -0.25) is 0 Å². The maximum Gasteiger partial charge on any atom is 0.416 e. The summed E-state index contributed by atoms with van der Waals surface area (Å²) >= 11 is 0. The predicted octanol–water partition coefficient (Wildman–Crippen LogP) is 3.57. The molecule has 0 aliphatic heterocycles. The lowest BCUT2D eigenvalue weighted by molar-refractivity contribution is -0.137. The van der Waals surface area contributed by atoms with Crippen molar-refractivity contribution in [2.24, 2.45) is 0 Å². The van der Waals surface area contributed by atoms with Crippen molar-refractivity contribution in [3.63, 3.8) is 0 Å². The summed E-state index contributed by atoms with van der Waals surface area (Å²) in [7, 11) is -5.06. The molecule has 10 heteroatoms. The first-order chi connectivity index (χ1) is 10.7. The van der Waals surface area contributed by atoms with Crippen LogP contribution < -0.4 is 5.32 Å². The van der Waals surface area contributed by atoms with Crippen LogP contribution in [0, 0.1) is 0 Å². The van der Waals surface area contributed by atoms with E-state index in [-0.39, 0.29) is 5.56 Å². The van der Waals surface area contributed by atoms with Crippen LogP contribution in [0.5, 0.6) is 0 Å². The molecule has 1 rings (SSSR count). The SMILES string of the molecule is CC(C)(C)OC(=O)NC(CS(=O)(=O)F)c1cccc(C(F)(F)F)c1. The average Bonchev–Trinajstić information content (AvgIpc) is 2.33. The van der Waals surface area contributed by atoms with E-state index >= 15 is 0 Å². The van der Waals surface area contributed by atoms with E-state index in [2.05, 4.69) is 5.32 Å². The molecule has 0 heterocycles. The zero-order valence-corrected chi connectivity index (χ0v) is 14.0. The minimum Gasteiger partial charge on any atom is -0.444 e. The van der Waals surface area contributed by atoms with Crippen molar-refractivity contribution in [2.75, 3.05) is 5.75 Å². The number of halogens is 4. The van der Waals surface area contributed by atoms with Gasteiger partial charge in [0.25, 0.3) is 0 Å². The molecule has 136 valence electrons. The highest BCUT2D eigenvalue weighted by atomic mass is 32.3. The van der Waals surface area contributed by atoms with E-state index in [1.807, 2.05) is 0 Å². The molecule has 24 heavy (non-hydrogen) atoms. The molecular weight excluding hydrogens is 354 g/mol. The van der Waals surface area contributed by atoms with Crippen molar-refractivity contribution in [1.82, 2.24) is 5.32 Å². The summed E-state index contributed by atoms with van der Waals surface area (Å²) in [5.41, 5.74) is -2.18. The van der Waals surface area contributed by atoms with Crippen molar-refractivity contribution in [1.29, 1.82) is 0 Å². The Balaban J connectivity index is 3.13. The minimum absolute atomic E-state index is 0.211. The molecule has 1 aromatic carbocycles. The molecule has 0 fully saturated rings. The van der Waals surface area contributed by atoms with E-state index in [1.165, 1.54) is 20.8 Å². The van der Waals surface area contributed by atoms with Gasteiger partial charge in [0.15, 0.2) is 0 Å². The van der Waals surface area contributed by atoms with Crippen molar-refractivity contribution in [3.8, 4) is 0 Å². The number of amides is 1. The fourth-order valence-corrected chi connectivity index (χ4v) is 2.48. The van der Waals surface area contributed by atoms with Crippen LogP contribution >= 0.6 is 0 Å². The Kier molecular flexibility index (Phi) is 5.86. The van der Waals surface area contributed by atoms with Gasteiger partial charge in [-0.15, -0.1) is 3.89 Å². The van der Waals surface area contributed by atoms with E-state index in [9.17, 15) is 30.3 Å². The molecule has 0 saturated heterocycles. The summed E-state index contributed by atoms with van der Waals surface area (Å²) in [4.78, 5) is 11.7. The molecule has 0 saturated carbocycles. The quantitative estimate of drug-likeness (QED) is 0.649. The number of nitrogens with one attached hydrogen (secondary N) is 1. The molecule has 0 radical (unpaired) electrons. The molecule has 1 N–H and O–H groups in total. The second-order valence-corrected chi connectivity index (χ2v) is 7.44. The van der Waals surface area contributed by atoms with Gasteiger partial charge in [0.05, 0.1) is 11.6 Å². The van der Waals surface area contributed by atoms with E-state index in [4.69, 9.17) is 4.74 Å². The van der Waals surface area contributed by atoms with Crippen LogP contribution in [0.4, 0.5) is 21.9 Å². The maximum atomic E-state index is 13.0. The van der Waals surface area contributed by atoms with Crippen LogP contribution in [0.1, 0.15) is 37.9 Å². The third-order valence-corrected chi connectivity index (χ3v) is 3.40. The van der Waals surface area contributed by atoms with Crippen LogP contribution in [-0.2, 0) is 21.1 Å². The van der Waals surface area contributed by atoms with Gasteiger partial charge < -0.3 is 10.1 Å². The van der Waals surface area contributed by atoms with Crippen molar-refractivity contribution >= 4 is 16.3 Å². The van der Waals surface area contributed by atoms with Gasteiger partial charge >= 0.3 is 22.5 Å². The van der Waals surface area contributed by atoms with Crippen LogP contribution in [0.2, 0.25) is 0 Å². The summed E-state index contributed by atoms with van der Waals surface area (Å²) in [6.07, 6.45) is -5.74. The van der Waals surface area contributed by atoms with Crippen LogP contribution in [0.3, 0.4) is 0 Å². The van der Waals surface area contributed by atoms with E-state index in [0.29, 0.717) is 6.07 Å². The first-order valence-corrected chi connectivity index (χ1v) is 8.32. The second-order valence-electron chi connectivity index (χ2n) is 6.03. The molecule has 1 aromatic rings. The van der Waals surface area contributed by atoms with Gasteiger partial charge in [0.2, 0.25) is 0 Å². The first kappa shape index (κ1) is 20.2. The topological polar surface area (TPSA) is 72.5 Å². The molecular formula is C14H17F4NO4S. The number of hydrogen-bond donors (Lipinski definition) is 1. The molecule has 1 unspecified atom stereocenters. The minimum atomic E-state index is -5.06. The fraction of sp³-hybridized carbons (Fsp3) is 0.500. The third kappa shape index (κ3) is 7.16. The van der Waals surface area contributed by atoms with Gasteiger partial charge in [-0.2, -0.15) is 21.6 Å². The lowest BCUT2D eigenvalue weighted by Crippen LogP contribution is -2.37. The van der Waals surface area contributed by atoms with Gasteiger partial charge in [-0.05, 0) is 38.5 Å². The number of carbonyl (C=O) groups excluding carboxylic acids is 1. The van der Waals surface area contributed by atoms with Gasteiger partial charge in [0, 0.05) is 0 Å². The number of hydrogen-bond acceptors (Lipinski definition) is 4. The highest BCUT2D eigenvalue weighted by Gasteiger charge is 2.32. The largest absolute Gasteiger partial charge is 0.444 e. The van der Waals surface area contributed by atoms with Gasteiger partial charge in [-0.1, -0.05) is 12.1 Å². The number of alkyl halides is 3. The van der Waals surface area contributed by atoms with E-state index in [1.54, 1.807) is 0 Å². The molecule has 0 aliphatic carbocycles. The molecule has 5 nitrogen and oxygen atoms in total. The second kappa shape index (κ2) is 6.96. The molecule has 0 aliphatic rings. The predicted molar refractivity (Wildman–Crippen MR) is 78.4 cm³/mol. The van der Waals surface area contributed by atoms with Gasteiger partial charge in [0.1, 0.15) is 11.4 Å². The molecule has 1 atom stereocenters. The lowest BCUT2D eigenvalue weighted by atomic mass is 10.0. The van der Waals surface area contributed by atoms with Crippen molar-refractivity contribution in [3.05, 3.63) is 35.4 Å². The smallest absolute Gasteiger partial charge is 0.416 e. The molecule has 0 bridgehead atoms. The monoisotopic (exact) mass is 371 g/mol. The Morgan fingerprint density at radius 1 is 1.25 bits per heavy atom. The normalized spacial score (nSPS) is 14.1. The Bertz CT molecular complexity index is 695. The number of ether oxygens (including phenoxy) is 1. The Hall–Kier alpha value is -1.84. The third-order valence-electron chi connectivity index (χ3n) is 2.67. The maximum absolute atomic E-state index is 13.0. The number of alkyl carbamates (subject to hydrolysis) is 1. The number of carbonyl (C=O) groups is 1.